The normalized spacial score (nSPS) is 11.7. The molecule has 0 aliphatic carbocycles. The number of rotatable bonds is 6. The van der Waals surface area contributed by atoms with Gasteiger partial charge in [-0.05, 0) is 5.56 Å². The monoisotopic (exact) mass is 268 g/mol. The smallest absolute Gasteiger partial charge is 0.315 e. The molecule has 1 aromatic rings. The molecule has 98 valence electrons. The van der Waals surface area contributed by atoms with Crippen LogP contribution in [0.5, 0.6) is 0 Å². The van der Waals surface area contributed by atoms with Crippen molar-refractivity contribution in [2.24, 2.45) is 5.84 Å². The number of methoxy groups -OCH3 is 1. The van der Waals surface area contributed by atoms with E-state index >= 15 is 0 Å². The number of ether oxygens (including phenoxy) is 1. The zero-order valence-electron chi connectivity index (χ0n) is 10.1. The predicted molar refractivity (Wildman–Crippen MR) is 70.9 cm³/mol. The van der Waals surface area contributed by atoms with Crippen LogP contribution in [0.25, 0.3) is 0 Å². The molecule has 0 bridgehead atoms. The number of nitrogens with two attached hydrogens (primary N) is 1. The van der Waals surface area contributed by atoms with Crippen molar-refractivity contribution in [3.63, 3.8) is 0 Å². The molecule has 1 aromatic carbocycles. The van der Waals surface area contributed by atoms with Crippen LogP contribution in [0.3, 0.4) is 0 Å². The van der Waals surface area contributed by atoms with Crippen molar-refractivity contribution >= 4 is 23.6 Å². The van der Waals surface area contributed by atoms with E-state index in [4.69, 9.17) is 5.84 Å². The lowest BCUT2D eigenvalue weighted by atomic mass is 10.0. The van der Waals surface area contributed by atoms with Gasteiger partial charge in [-0.15, -0.1) is 11.8 Å². The Kier molecular flexibility index (Phi) is 6.24. The topological polar surface area (TPSA) is 81.4 Å². The fraction of sp³-hybridized carbons (Fsp3) is 0.333. The summed E-state index contributed by atoms with van der Waals surface area (Å²) in [6.07, 6.45) is 0. The van der Waals surface area contributed by atoms with Gasteiger partial charge in [0, 0.05) is 5.75 Å². The molecule has 0 aliphatic heterocycles. The highest BCUT2D eigenvalue weighted by Gasteiger charge is 2.20. The SMILES string of the molecule is COC(=O)CSCC(C(=O)NN)c1ccccc1. The van der Waals surface area contributed by atoms with Crippen LogP contribution in [-0.2, 0) is 14.3 Å². The molecule has 18 heavy (non-hydrogen) atoms. The van der Waals surface area contributed by atoms with Gasteiger partial charge in [0.2, 0.25) is 5.91 Å². The minimum absolute atomic E-state index is 0.220. The molecular formula is C12H16N2O3S. The quantitative estimate of drug-likeness (QED) is 0.343. The van der Waals surface area contributed by atoms with E-state index in [1.54, 1.807) is 0 Å². The summed E-state index contributed by atoms with van der Waals surface area (Å²) < 4.78 is 4.54. The lowest BCUT2D eigenvalue weighted by Crippen LogP contribution is -2.35. The van der Waals surface area contributed by atoms with Gasteiger partial charge in [-0.25, -0.2) is 5.84 Å². The first kappa shape index (κ1) is 14.5. The molecule has 0 radical (unpaired) electrons. The fourth-order valence-electron chi connectivity index (χ4n) is 1.43. The molecule has 0 aliphatic rings. The number of thioether (sulfide) groups is 1. The number of carbonyl (C=O) groups excluding carboxylic acids is 2. The highest BCUT2D eigenvalue weighted by Crippen LogP contribution is 2.21. The third-order valence-corrected chi connectivity index (χ3v) is 3.40. The number of benzene rings is 1. The van der Waals surface area contributed by atoms with Gasteiger partial charge in [0.15, 0.2) is 0 Å². The molecule has 1 rings (SSSR count). The molecule has 0 heterocycles. The summed E-state index contributed by atoms with van der Waals surface area (Å²) in [7, 11) is 1.34. The molecule has 0 spiro atoms. The van der Waals surface area contributed by atoms with Gasteiger partial charge in [0.1, 0.15) is 0 Å². The number of esters is 1. The van der Waals surface area contributed by atoms with E-state index in [0.717, 1.165) is 5.56 Å². The van der Waals surface area contributed by atoms with E-state index in [9.17, 15) is 9.59 Å². The van der Waals surface area contributed by atoms with Gasteiger partial charge in [-0.2, -0.15) is 0 Å². The molecule has 1 amide bonds. The highest BCUT2D eigenvalue weighted by atomic mass is 32.2. The Morgan fingerprint density at radius 2 is 2.06 bits per heavy atom. The highest BCUT2D eigenvalue weighted by molar-refractivity contribution is 8.00. The summed E-state index contributed by atoms with van der Waals surface area (Å²) in [4.78, 5) is 22.7. The Labute approximate surface area is 110 Å². The van der Waals surface area contributed by atoms with Crippen LogP contribution >= 0.6 is 11.8 Å². The Hall–Kier alpha value is -1.53. The van der Waals surface area contributed by atoms with Crippen LogP contribution in [0, 0.1) is 0 Å². The second-order valence-electron chi connectivity index (χ2n) is 3.56. The fourth-order valence-corrected chi connectivity index (χ4v) is 2.41. The minimum atomic E-state index is -0.370. The molecule has 0 aromatic heterocycles. The van der Waals surface area contributed by atoms with Crippen molar-refractivity contribution in [2.45, 2.75) is 5.92 Å². The molecule has 3 N–H and O–H groups in total. The average molecular weight is 268 g/mol. The number of amides is 1. The molecule has 0 saturated carbocycles. The first-order valence-corrected chi connectivity index (χ1v) is 6.54. The lowest BCUT2D eigenvalue weighted by molar-refractivity contribution is -0.137. The van der Waals surface area contributed by atoms with E-state index in [2.05, 4.69) is 10.2 Å². The summed E-state index contributed by atoms with van der Waals surface area (Å²) in [6, 6.07) is 9.31. The van der Waals surface area contributed by atoms with E-state index in [1.807, 2.05) is 30.3 Å². The third kappa shape index (κ3) is 4.38. The van der Waals surface area contributed by atoms with Crippen LogP contribution in [0.2, 0.25) is 0 Å². The Bertz CT molecular complexity index is 398. The van der Waals surface area contributed by atoms with Crippen molar-refractivity contribution in [2.75, 3.05) is 18.6 Å². The zero-order valence-corrected chi connectivity index (χ0v) is 10.9. The Morgan fingerprint density at radius 3 is 2.61 bits per heavy atom. The van der Waals surface area contributed by atoms with Crippen LogP contribution in [0.4, 0.5) is 0 Å². The predicted octanol–water partition coefficient (Wildman–Crippen LogP) is 0.666. The van der Waals surface area contributed by atoms with Gasteiger partial charge in [-0.3, -0.25) is 15.0 Å². The van der Waals surface area contributed by atoms with Crippen molar-refractivity contribution in [1.82, 2.24) is 5.43 Å². The van der Waals surface area contributed by atoms with Gasteiger partial charge in [-0.1, -0.05) is 30.3 Å². The van der Waals surface area contributed by atoms with Crippen LogP contribution in [0.1, 0.15) is 11.5 Å². The molecule has 6 heteroatoms. The molecule has 1 unspecified atom stereocenters. The minimum Gasteiger partial charge on any atom is -0.468 e. The molecule has 0 saturated heterocycles. The van der Waals surface area contributed by atoms with Crippen molar-refractivity contribution in [1.29, 1.82) is 0 Å². The van der Waals surface area contributed by atoms with Gasteiger partial charge in [0.05, 0.1) is 18.8 Å². The van der Waals surface area contributed by atoms with Crippen LogP contribution < -0.4 is 11.3 Å². The van der Waals surface area contributed by atoms with Crippen LogP contribution in [0.15, 0.2) is 30.3 Å². The second kappa shape index (κ2) is 7.73. The number of carbonyl (C=O) groups is 2. The maximum Gasteiger partial charge on any atom is 0.315 e. The summed E-state index contributed by atoms with van der Waals surface area (Å²) in [6.45, 7) is 0. The standard InChI is InChI=1S/C12H16N2O3S/c1-17-11(15)8-18-7-10(12(16)14-13)9-5-3-2-4-6-9/h2-6,10H,7-8,13H2,1H3,(H,14,16). The Morgan fingerprint density at radius 1 is 1.39 bits per heavy atom. The summed E-state index contributed by atoms with van der Waals surface area (Å²) in [5.74, 6) is 4.92. The molecule has 1 atom stereocenters. The first-order valence-electron chi connectivity index (χ1n) is 5.39. The third-order valence-electron chi connectivity index (χ3n) is 2.39. The lowest BCUT2D eigenvalue weighted by Gasteiger charge is -2.14. The zero-order chi connectivity index (χ0) is 13.4. The number of nitrogens with one attached hydrogen (secondary N) is 1. The van der Waals surface area contributed by atoms with E-state index in [1.165, 1.54) is 18.9 Å². The number of hydrazine groups is 1. The van der Waals surface area contributed by atoms with Gasteiger partial charge >= 0.3 is 5.97 Å². The van der Waals surface area contributed by atoms with Gasteiger partial charge < -0.3 is 4.74 Å². The largest absolute Gasteiger partial charge is 0.468 e. The summed E-state index contributed by atoms with van der Waals surface area (Å²) >= 11 is 1.34. The summed E-state index contributed by atoms with van der Waals surface area (Å²) in [5.41, 5.74) is 3.02. The van der Waals surface area contributed by atoms with E-state index in [0.29, 0.717) is 5.75 Å². The van der Waals surface area contributed by atoms with Crippen LogP contribution in [-0.4, -0.2) is 30.5 Å². The second-order valence-corrected chi connectivity index (χ2v) is 4.59. The van der Waals surface area contributed by atoms with Gasteiger partial charge in [0.25, 0.3) is 0 Å². The molecular weight excluding hydrogens is 252 g/mol. The van der Waals surface area contributed by atoms with Crippen molar-refractivity contribution in [3.8, 4) is 0 Å². The first-order chi connectivity index (χ1) is 8.69. The average Bonchev–Trinajstić information content (AvgIpc) is 2.43. The van der Waals surface area contributed by atoms with E-state index < -0.39 is 0 Å². The van der Waals surface area contributed by atoms with Crippen molar-refractivity contribution < 1.29 is 14.3 Å². The molecule has 5 nitrogen and oxygen atoms in total. The number of hydrogen-bond donors (Lipinski definition) is 2. The maximum absolute atomic E-state index is 11.7. The number of hydrogen-bond acceptors (Lipinski definition) is 5. The molecule has 0 fully saturated rings. The maximum atomic E-state index is 11.7. The summed E-state index contributed by atoms with van der Waals surface area (Å²) in [5, 5.41) is 0. The van der Waals surface area contributed by atoms with E-state index in [-0.39, 0.29) is 23.5 Å². The Balaban J connectivity index is 2.63. The van der Waals surface area contributed by atoms with Crippen molar-refractivity contribution in [3.05, 3.63) is 35.9 Å².